The van der Waals surface area contributed by atoms with Gasteiger partial charge in [0.2, 0.25) is 5.95 Å². The first kappa shape index (κ1) is 18.8. The second-order valence-corrected chi connectivity index (χ2v) is 7.48. The number of amidine groups is 1. The summed E-state index contributed by atoms with van der Waals surface area (Å²) in [6, 6.07) is 0. The van der Waals surface area contributed by atoms with Gasteiger partial charge in [-0.15, -0.1) is 0 Å². The van der Waals surface area contributed by atoms with Crippen LogP contribution in [-0.2, 0) is 6.42 Å². The van der Waals surface area contributed by atoms with Crippen molar-refractivity contribution in [2.24, 2.45) is 10.9 Å². The molecule has 0 unspecified atom stereocenters. The van der Waals surface area contributed by atoms with Crippen molar-refractivity contribution >= 4 is 17.6 Å². The second-order valence-electron chi connectivity index (χ2n) is 7.48. The third-order valence-electron chi connectivity index (χ3n) is 5.23. The second kappa shape index (κ2) is 8.62. The molecule has 2 aliphatic rings. The Hall–Kier alpha value is -1.95. The molecule has 1 aliphatic carbocycles. The van der Waals surface area contributed by atoms with Gasteiger partial charge in [0.1, 0.15) is 11.7 Å². The molecule has 1 aromatic heterocycles. The van der Waals surface area contributed by atoms with E-state index in [2.05, 4.69) is 52.1 Å². The zero-order valence-electron chi connectivity index (χ0n) is 16.6. The summed E-state index contributed by atoms with van der Waals surface area (Å²) >= 11 is 0. The van der Waals surface area contributed by atoms with Crippen molar-refractivity contribution in [3.63, 3.8) is 0 Å². The number of hydrogen-bond acceptors (Lipinski definition) is 5. The summed E-state index contributed by atoms with van der Waals surface area (Å²) in [5, 5.41) is 3.47. The summed E-state index contributed by atoms with van der Waals surface area (Å²) in [4.78, 5) is 18.6. The molecule has 1 aromatic rings. The van der Waals surface area contributed by atoms with E-state index >= 15 is 0 Å². The van der Waals surface area contributed by atoms with Crippen molar-refractivity contribution in [3.8, 4) is 0 Å². The highest BCUT2D eigenvalue weighted by Gasteiger charge is 2.23. The number of nitrogens with zero attached hydrogens (tertiary/aromatic N) is 5. The van der Waals surface area contributed by atoms with Crippen LogP contribution >= 0.6 is 0 Å². The molecule has 1 saturated carbocycles. The molecule has 6 heteroatoms. The Morgan fingerprint density at radius 1 is 1.31 bits per heavy atom. The van der Waals surface area contributed by atoms with Gasteiger partial charge in [0.05, 0.1) is 0 Å². The Morgan fingerprint density at radius 2 is 2.04 bits per heavy atom. The molecule has 3 rings (SSSR count). The van der Waals surface area contributed by atoms with Crippen LogP contribution in [0, 0.1) is 5.92 Å². The molecule has 0 amide bonds. The predicted octanol–water partition coefficient (Wildman–Crippen LogP) is 2.98. The lowest BCUT2D eigenvalue weighted by Crippen LogP contribution is -2.45. The molecular formula is C20H32N6. The third kappa shape index (κ3) is 4.81. The summed E-state index contributed by atoms with van der Waals surface area (Å²) in [5.41, 5.74) is 2.56. The Balaban J connectivity index is 1.80. The lowest BCUT2D eigenvalue weighted by Gasteiger charge is -2.32. The Kier molecular flexibility index (Phi) is 6.25. The summed E-state index contributed by atoms with van der Waals surface area (Å²) < 4.78 is 0. The van der Waals surface area contributed by atoms with Crippen LogP contribution in [0.5, 0.6) is 0 Å². The van der Waals surface area contributed by atoms with Gasteiger partial charge < -0.3 is 15.1 Å². The fourth-order valence-electron chi connectivity index (χ4n) is 3.27. The van der Waals surface area contributed by atoms with Gasteiger partial charge in [0, 0.05) is 45.0 Å². The van der Waals surface area contributed by atoms with E-state index in [1.54, 1.807) is 0 Å². The molecule has 1 N–H and O–H groups in total. The van der Waals surface area contributed by atoms with Gasteiger partial charge in [-0.25, -0.2) is 4.98 Å². The van der Waals surface area contributed by atoms with Crippen LogP contribution in [-0.4, -0.2) is 61.0 Å². The van der Waals surface area contributed by atoms with E-state index in [-0.39, 0.29) is 0 Å². The summed E-state index contributed by atoms with van der Waals surface area (Å²) in [7, 11) is 4.00. The number of anilines is 2. The van der Waals surface area contributed by atoms with Crippen molar-refractivity contribution in [1.29, 1.82) is 0 Å². The highest BCUT2D eigenvalue weighted by atomic mass is 15.3. The van der Waals surface area contributed by atoms with Gasteiger partial charge in [0.25, 0.3) is 0 Å². The molecule has 142 valence electrons. The van der Waals surface area contributed by atoms with E-state index in [9.17, 15) is 0 Å². The Bertz CT molecular complexity index is 669. The van der Waals surface area contributed by atoms with Crippen LogP contribution in [0.1, 0.15) is 38.7 Å². The first-order valence-electron chi connectivity index (χ1n) is 9.82. The SMILES string of the molecule is CCCc1cnc(N2CCN(C)CC2)nc1NC(C=C(C)C1CC1)=NC. The van der Waals surface area contributed by atoms with E-state index < -0.39 is 0 Å². The van der Waals surface area contributed by atoms with Gasteiger partial charge in [0.15, 0.2) is 0 Å². The third-order valence-corrected chi connectivity index (χ3v) is 5.23. The number of allylic oxidation sites excluding steroid dienone is 1. The molecule has 1 saturated heterocycles. The number of nitrogens with one attached hydrogen (secondary N) is 1. The first-order valence-corrected chi connectivity index (χ1v) is 9.82. The summed E-state index contributed by atoms with van der Waals surface area (Å²) in [6.45, 7) is 8.43. The first-order chi connectivity index (χ1) is 12.6. The Morgan fingerprint density at radius 3 is 2.65 bits per heavy atom. The molecule has 0 bridgehead atoms. The fourth-order valence-corrected chi connectivity index (χ4v) is 3.27. The number of likely N-dealkylation sites (N-methyl/N-ethyl adjacent to an activating group) is 1. The van der Waals surface area contributed by atoms with Gasteiger partial charge >= 0.3 is 0 Å². The number of aliphatic imine (C=N–C) groups is 1. The van der Waals surface area contributed by atoms with Crippen molar-refractivity contribution in [1.82, 2.24) is 14.9 Å². The van der Waals surface area contributed by atoms with Crippen LogP contribution in [0.4, 0.5) is 11.8 Å². The average Bonchev–Trinajstić information content (AvgIpc) is 3.48. The van der Waals surface area contributed by atoms with E-state index in [0.29, 0.717) is 0 Å². The standard InChI is InChI=1S/C20H32N6/c1-5-6-17-14-22-20(26-11-9-25(4)10-12-26)24-19(17)23-18(21-3)13-15(2)16-7-8-16/h13-14,16H,5-12H2,1-4H3,(H,21,22,23,24). The quantitative estimate of drug-likeness (QED) is 0.627. The minimum Gasteiger partial charge on any atom is -0.338 e. The topological polar surface area (TPSA) is 56.7 Å². The zero-order chi connectivity index (χ0) is 18.5. The Labute approximate surface area is 157 Å². The molecule has 2 fully saturated rings. The van der Waals surface area contributed by atoms with E-state index in [4.69, 9.17) is 4.98 Å². The molecule has 26 heavy (non-hydrogen) atoms. The zero-order valence-corrected chi connectivity index (χ0v) is 16.6. The van der Waals surface area contributed by atoms with Gasteiger partial charge in [-0.2, -0.15) is 4.98 Å². The van der Waals surface area contributed by atoms with Crippen LogP contribution in [0.25, 0.3) is 0 Å². The van der Waals surface area contributed by atoms with E-state index in [1.807, 2.05) is 13.2 Å². The lowest BCUT2D eigenvalue weighted by molar-refractivity contribution is 0.311. The largest absolute Gasteiger partial charge is 0.338 e. The molecule has 0 radical (unpaired) electrons. The number of hydrogen-bond donors (Lipinski definition) is 1. The monoisotopic (exact) mass is 356 g/mol. The lowest BCUT2D eigenvalue weighted by atomic mass is 10.1. The number of aryl methyl sites for hydroxylation is 1. The van der Waals surface area contributed by atoms with Crippen LogP contribution in [0.2, 0.25) is 0 Å². The predicted molar refractivity (Wildman–Crippen MR) is 109 cm³/mol. The minimum atomic E-state index is 0.745. The van der Waals surface area contributed by atoms with Gasteiger partial charge in [-0.1, -0.05) is 18.9 Å². The number of piperazine rings is 1. The molecule has 6 nitrogen and oxygen atoms in total. The van der Waals surface area contributed by atoms with Crippen molar-refractivity contribution in [3.05, 3.63) is 23.4 Å². The normalized spacial score (nSPS) is 19.8. The van der Waals surface area contributed by atoms with Gasteiger partial charge in [-0.05, 0) is 45.2 Å². The molecule has 0 atom stereocenters. The van der Waals surface area contributed by atoms with Gasteiger partial charge in [-0.3, -0.25) is 4.99 Å². The maximum atomic E-state index is 4.87. The average molecular weight is 357 g/mol. The molecule has 0 aromatic carbocycles. The van der Waals surface area contributed by atoms with Crippen molar-refractivity contribution in [2.75, 3.05) is 50.5 Å². The molecule has 0 spiro atoms. The maximum Gasteiger partial charge on any atom is 0.227 e. The maximum absolute atomic E-state index is 4.87. The molecule has 2 heterocycles. The number of aromatic nitrogens is 2. The van der Waals surface area contributed by atoms with E-state index in [1.165, 1.54) is 18.4 Å². The summed E-state index contributed by atoms with van der Waals surface area (Å²) in [5.74, 6) is 3.35. The van der Waals surface area contributed by atoms with Crippen LogP contribution in [0.3, 0.4) is 0 Å². The fraction of sp³-hybridized carbons (Fsp3) is 0.650. The highest BCUT2D eigenvalue weighted by molar-refractivity contribution is 6.04. The van der Waals surface area contributed by atoms with Crippen molar-refractivity contribution in [2.45, 2.75) is 39.5 Å². The summed E-state index contributed by atoms with van der Waals surface area (Å²) in [6.07, 6.45) is 8.81. The number of rotatable bonds is 6. The van der Waals surface area contributed by atoms with Crippen LogP contribution < -0.4 is 10.2 Å². The van der Waals surface area contributed by atoms with Crippen LogP contribution in [0.15, 0.2) is 22.8 Å². The van der Waals surface area contributed by atoms with Crippen molar-refractivity contribution < 1.29 is 0 Å². The molecular weight excluding hydrogens is 324 g/mol. The highest BCUT2D eigenvalue weighted by Crippen LogP contribution is 2.36. The smallest absolute Gasteiger partial charge is 0.227 e. The van der Waals surface area contributed by atoms with E-state index in [0.717, 1.165) is 68.1 Å². The minimum absolute atomic E-state index is 0.745. The molecule has 1 aliphatic heterocycles.